The fourth-order valence-electron chi connectivity index (χ4n) is 1.58. The minimum absolute atomic E-state index is 0.499. The van der Waals surface area contributed by atoms with Crippen molar-refractivity contribution in [2.75, 3.05) is 0 Å². The first-order valence-corrected chi connectivity index (χ1v) is 4.78. The zero-order valence-electron chi connectivity index (χ0n) is 7.90. The number of aromatic nitrogens is 2. The maximum Gasteiger partial charge on any atom is 0.0926 e. The molecule has 2 N–H and O–H groups in total. The van der Waals surface area contributed by atoms with E-state index in [2.05, 4.69) is 5.10 Å². The molecular weight excluding hydrogens is 194 g/mol. The molecule has 14 heavy (non-hydrogen) atoms. The van der Waals surface area contributed by atoms with E-state index in [1.165, 1.54) is 0 Å². The summed E-state index contributed by atoms with van der Waals surface area (Å²) in [5.74, 6) is 0. The molecule has 4 heteroatoms. The molecular formula is C10H11N3S. The molecule has 0 fully saturated rings. The minimum atomic E-state index is 0.499. The molecule has 1 heterocycles. The molecule has 0 saturated carbocycles. The van der Waals surface area contributed by atoms with Gasteiger partial charge in [-0.25, -0.2) is 0 Å². The summed E-state index contributed by atoms with van der Waals surface area (Å²) in [5, 5.41) is 5.50. The van der Waals surface area contributed by atoms with Gasteiger partial charge in [-0.2, -0.15) is 5.10 Å². The van der Waals surface area contributed by atoms with Crippen molar-refractivity contribution in [3.05, 3.63) is 30.0 Å². The van der Waals surface area contributed by atoms with E-state index in [0.717, 1.165) is 16.6 Å². The van der Waals surface area contributed by atoms with Gasteiger partial charge in [-0.15, -0.1) is 0 Å². The Labute approximate surface area is 87.5 Å². The highest BCUT2D eigenvalue weighted by Crippen LogP contribution is 2.17. The van der Waals surface area contributed by atoms with Crippen molar-refractivity contribution in [1.82, 2.24) is 9.78 Å². The van der Waals surface area contributed by atoms with Gasteiger partial charge in [0.1, 0.15) is 0 Å². The number of aryl methyl sites for hydroxylation is 1. The van der Waals surface area contributed by atoms with Gasteiger partial charge in [0.15, 0.2) is 0 Å². The number of fused-ring (bicyclic) bond motifs is 1. The third-order valence-corrected chi connectivity index (χ3v) is 2.35. The summed E-state index contributed by atoms with van der Waals surface area (Å²) in [5.41, 5.74) is 7.60. The van der Waals surface area contributed by atoms with Crippen molar-refractivity contribution in [2.45, 2.75) is 6.42 Å². The van der Waals surface area contributed by atoms with Crippen LogP contribution in [-0.2, 0) is 13.5 Å². The van der Waals surface area contributed by atoms with Crippen molar-refractivity contribution < 1.29 is 0 Å². The Morgan fingerprint density at radius 2 is 2.21 bits per heavy atom. The van der Waals surface area contributed by atoms with Gasteiger partial charge in [0.05, 0.1) is 16.2 Å². The van der Waals surface area contributed by atoms with Crippen LogP contribution in [0.15, 0.2) is 24.3 Å². The molecule has 0 radical (unpaired) electrons. The molecule has 1 aromatic carbocycles. The average Bonchev–Trinajstić information content (AvgIpc) is 2.43. The highest BCUT2D eigenvalue weighted by molar-refractivity contribution is 7.80. The number of hydrogen-bond donors (Lipinski definition) is 1. The predicted octanol–water partition coefficient (Wildman–Crippen LogP) is 1.40. The minimum Gasteiger partial charge on any atom is -0.393 e. The third kappa shape index (κ3) is 1.48. The number of nitrogens with zero attached hydrogens (tertiary/aromatic N) is 2. The predicted molar refractivity (Wildman–Crippen MR) is 61.2 cm³/mol. The molecule has 2 aromatic rings. The Morgan fingerprint density at radius 3 is 2.93 bits per heavy atom. The van der Waals surface area contributed by atoms with Crippen molar-refractivity contribution in [1.29, 1.82) is 0 Å². The number of thiocarbonyl (C=S) groups is 1. The van der Waals surface area contributed by atoms with Crippen molar-refractivity contribution in [3.63, 3.8) is 0 Å². The summed E-state index contributed by atoms with van der Waals surface area (Å²) in [6.45, 7) is 0. The summed E-state index contributed by atoms with van der Waals surface area (Å²) in [6.07, 6.45) is 0.604. The number of rotatable bonds is 2. The van der Waals surface area contributed by atoms with Crippen LogP contribution in [0.25, 0.3) is 10.9 Å². The first-order chi connectivity index (χ1) is 6.68. The molecule has 2 rings (SSSR count). The second-order valence-electron chi connectivity index (χ2n) is 3.23. The molecule has 72 valence electrons. The lowest BCUT2D eigenvalue weighted by Crippen LogP contribution is -2.13. The van der Waals surface area contributed by atoms with E-state index >= 15 is 0 Å². The van der Waals surface area contributed by atoms with Gasteiger partial charge in [-0.1, -0.05) is 30.4 Å². The molecule has 0 bridgehead atoms. The van der Waals surface area contributed by atoms with Crippen LogP contribution in [0.4, 0.5) is 0 Å². The van der Waals surface area contributed by atoms with Crippen LogP contribution in [0.1, 0.15) is 5.69 Å². The Bertz CT molecular complexity index is 487. The quantitative estimate of drug-likeness (QED) is 0.754. The number of nitrogens with two attached hydrogens (primary N) is 1. The van der Waals surface area contributed by atoms with Crippen LogP contribution in [0.3, 0.4) is 0 Å². The van der Waals surface area contributed by atoms with Crippen LogP contribution in [0.5, 0.6) is 0 Å². The second kappa shape index (κ2) is 3.38. The maximum atomic E-state index is 5.53. The smallest absolute Gasteiger partial charge is 0.0926 e. The van der Waals surface area contributed by atoms with Gasteiger partial charge in [0.2, 0.25) is 0 Å². The second-order valence-corrected chi connectivity index (χ2v) is 3.75. The fraction of sp³-hybridized carbons (Fsp3) is 0.200. The van der Waals surface area contributed by atoms with Gasteiger partial charge in [-0.3, -0.25) is 4.68 Å². The lowest BCUT2D eigenvalue weighted by Gasteiger charge is -1.99. The first kappa shape index (κ1) is 9.15. The van der Waals surface area contributed by atoms with E-state index in [9.17, 15) is 0 Å². The third-order valence-electron chi connectivity index (χ3n) is 2.20. The van der Waals surface area contributed by atoms with E-state index in [1.807, 2.05) is 36.0 Å². The van der Waals surface area contributed by atoms with E-state index < -0.39 is 0 Å². The van der Waals surface area contributed by atoms with E-state index in [4.69, 9.17) is 18.0 Å². The largest absolute Gasteiger partial charge is 0.393 e. The molecule has 0 amide bonds. The zero-order chi connectivity index (χ0) is 10.1. The van der Waals surface area contributed by atoms with Crippen LogP contribution in [0, 0.1) is 0 Å². The number of hydrogen-bond acceptors (Lipinski definition) is 2. The van der Waals surface area contributed by atoms with Crippen LogP contribution in [-0.4, -0.2) is 14.8 Å². The van der Waals surface area contributed by atoms with Gasteiger partial charge in [-0.05, 0) is 6.07 Å². The average molecular weight is 205 g/mol. The molecule has 0 saturated heterocycles. The lowest BCUT2D eigenvalue weighted by molar-refractivity contribution is 0.742. The Kier molecular flexibility index (Phi) is 2.21. The van der Waals surface area contributed by atoms with E-state index in [0.29, 0.717) is 11.4 Å². The van der Waals surface area contributed by atoms with Crippen LogP contribution < -0.4 is 5.73 Å². The monoisotopic (exact) mass is 205 g/mol. The summed E-state index contributed by atoms with van der Waals surface area (Å²) in [6, 6.07) is 7.99. The molecule has 0 unspecified atom stereocenters. The summed E-state index contributed by atoms with van der Waals surface area (Å²) in [4.78, 5) is 0.499. The lowest BCUT2D eigenvalue weighted by atomic mass is 10.2. The van der Waals surface area contributed by atoms with Gasteiger partial charge >= 0.3 is 0 Å². The molecule has 0 aliphatic heterocycles. The Morgan fingerprint density at radius 1 is 1.50 bits per heavy atom. The number of benzene rings is 1. The fourth-order valence-corrected chi connectivity index (χ4v) is 1.71. The topological polar surface area (TPSA) is 43.8 Å². The van der Waals surface area contributed by atoms with Crippen LogP contribution >= 0.6 is 12.2 Å². The Hall–Kier alpha value is -1.42. The summed E-state index contributed by atoms with van der Waals surface area (Å²) in [7, 11) is 1.91. The molecule has 0 spiro atoms. The highest BCUT2D eigenvalue weighted by Gasteiger charge is 2.08. The normalized spacial score (nSPS) is 10.6. The van der Waals surface area contributed by atoms with Crippen molar-refractivity contribution >= 4 is 28.1 Å². The maximum absolute atomic E-state index is 5.53. The molecule has 0 aliphatic carbocycles. The Balaban J connectivity index is 2.62. The molecule has 0 atom stereocenters. The van der Waals surface area contributed by atoms with E-state index in [1.54, 1.807) is 0 Å². The van der Waals surface area contributed by atoms with Gasteiger partial charge in [0, 0.05) is 18.9 Å². The highest BCUT2D eigenvalue weighted by atomic mass is 32.1. The molecule has 1 aromatic heterocycles. The van der Waals surface area contributed by atoms with Gasteiger partial charge in [0.25, 0.3) is 0 Å². The van der Waals surface area contributed by atoms with Gasteiger partial charge < -0.3 is 5.73 Å². The van der Waals surface area contributed by atoms with Crippen molar-refractivity contribution in [3.8, 4) is 0 Å². The van der Waals surface area contributed by atoms with Crippen molar-refractivity contribution in [2.24, 2.45) is 12.8 Å². The standard InChI is InChI=1S/C10H11N3S/c1-13-9(6-10(11)14)7-4-2-3-5-8(7)12-13/h2-5H,6H2,1H3,(H2,11,14). The van der Waals surface area contributed by atoms with Crippen LogP contribution in [0.2, 0.25) is 0 Å². The SMILES string of the molecule is Cn1nc2ccccc2c1CC(N)=S. The van der Waals surface area contributed by atoms with E-state index in [-0.39, 0.29) is 0 Å². The molecule has 0 aliphatic rings. The first-order valence-electron chi connectivity index (χ1n) is 4.37. The zero-order valence-corrected chi connectivity index (χ0v) is 8.71. The summed E-state index contributed by atoms with van der Waals surface area (Å²) < 4.78 is 1.84. The summed E-state index contributed by atoms with van der Waals surface area (Å²) >= 11 is 4.90. The molecule has 3 nitrogen and oxygen atoms in total.